The molecule has 2 heterocycles. The highest BCUT2D eigenvalue weighted by molar-refractivity contribution is 5.42. The van der Waals surface area contributed by atoms with E-state index < -0.39 is 0 Å². The van der Waals surface area contributed by atoms with Gasteiger partial charge in [-0.3, -0.25) is 4.98 Å². The van der Waals surface area contributed by atoms with Crippen LogP contribution in [0.4, 0.5) is 11.8 Å². The van der Waals surface area contributed by atoms with Gasteiger partial charge in [0.1, 0.15) is 5.82 Å². The van der Waals surface area contributed by atoms with Gasteiger partial charge >= 0.3 is 0 Å². The van der Waals surface area contributed by atoms with Gasteiger partial charge in [-0.2, -0.15) is 4.98 Å². The molecule has 0 unspecified atom stereocenters. The van der Waals surface area contributed by atoms with Crippen molar-refractivity contribution in [2.24, 2.45) is 0 Å². The summed E-state index contributed by atoms with van der Waals surface area (Å²) in [6.07, 6.45) is 3.56. The minimum absolute atomic E-state index is 0.610. The van der Waals surface area contributed by atoms with Crippen LogP contribution in [0.1, 0.15) is 11.3 Å². The second-order valence-electron chi connectivity index (χ2n) is 4.35. The zero-order chi connectivity index (χ0) is 14.2. The predicted octanol–water partition coefficient (Wildman–Crippen LogP) is 1.85. The van der Waals surface area contributed by atoms with E-state index in [1.54, 1.807) is 19.5 Å². The van der Waals surface area contributed by atoms with E-state index in [0.29, 0.717) is 25.6 Å². The van der Waals surface area contributed by atoms with E-state index in [4.69, 9.17) is 4.74 Å². The number of aryl methyl sites for hydroxylation is 1. The lowest BCUT2D eigenvalue weighted by atomic mass is 10.3. The molecular weight excluding hydrogens is 254 g/mol. The van der Waals surface area contributed by atoms with Crippen molar-refractivity contribution in [3.05, 3.63) is 41.9 Å². The SMILES string of the molecule is COCCNc1nc(C)cc(NCc2ccncc2)n1. The predicted molar refractivity (Wildman–Crippen MR) is 78.7 cm³/mol. The normalized spacial score (nSPS) is 10.3. The maximum atomic E-state index is 4.99. The first-order valence-corrected chi connectivity index (χ1v) is 6.49. The Kier molecular flexibility index (Phi) is 5.25. The Morgan fingerprint density at radius 2 is 1.95 bits per heavy atom. The van der Waals surface area contributed by atoms with Crippen LogP contribution in [-0.2, 0) is 11.3 Å². The fraction of sp³-hybridized carbons (Fsp3) is 0.357. The van der Waals surface area contributed by atoms with E-state index in [9.17, 15) is 0 Å². The second kappa shape index (κ2) is 7.40. The number of hydrogen-bond acceptors (Lipinski definition) is 6. The Labute approximate surface area is 118 Å². The van der Waals surface area contributed by atoms with Crippen LogP contribution < -0.4 is 10.6 Å². The average molecular weight is 273 g/mol. The van der Waals surface area contributed by atoms with Gasteiger partial charge in [0.05, 0.1) is 6.61 Å². The minimum Gasteiger partial charge on any atom is -0.383 e. The van der Waals surface area contributed by atoms with Crippen molar-refractivity contribution in [1.29, 1.82) is 0 Å². The molecule has 2 aromatic heterocycles. The third kappa shape index (κ3) is 4.47. The zero-order valence-corrected chi connectivity index (χ0v) is 11.8. The summed E-state index contributed by atoms with van der Waals surface area (Å²) in [5, 5.41) is 6.41. The highest BCUT2D eigenvalue weighted by Crippen LogP contribution is 2.10. The maximum absolute atomic E-state index is 4.99. The number of hydrogen-bond donors (Lipinski definition) is 2. The summed E-state index contributed by atoms with van der Waals surface area (Å²) in [5.41, 5.74) is 2.07. The molecule has 6 nitrogen and oxygen atoms in total. The molecule has 2 N–H and O–H groups in total. The molecule has 0 aliphatic carbocycles. The molecule has 0 aliphatic rings. The summed E-state index contributed by atoms with van der Waals surface area (Å²) >= 11 is 0. The first-order valence-electron chi connectivity index (χ1n) is 6.49. The summed E-state index contributed by atoms with van der Waals surface area (Å²) in [6.45, 7) is 3.96. The second-order valence-corrected chi connectivity index (χ2v) is 4.35. The lowest BCUT2D eigenvalue weighted by Gasteiger charge is -2.09. The smallest absolute Gasteiger partial charge is 0.224 e. The van der Waals surface area contributed by atoms with Crippen molar-refractivity contribution >= 4 is 11.8 Å². The van der Waals surface area contributed by atoms with Crippen LogP contribution in [0.3, 0.4) is 0 Å². The molecule has 6 heteroatoms. The average Bonchev–Trinajstić information content (AvgIpc) is 2.46. The van der Waals surface area contributed by atoms with E-state index in [0.717, 1.165) is 17.1 Å². The number of pyridine rings is 1. The van der Waals surface area contributed by atoms with Crippen LogP contribution in [0, 0.1) is 6.92 Å². The number of anilines is 2. The van der Waals surface area contributed by atoms with Crippen LogP contribution in [0.15, 0.2) is 30.6 Å². The van der Waals surface area contributed by atoms with Crippen molar-refractivity contribution in [3.8, 4) is 0 Å². The minimum atomic E-state index is 0.610. The first-order chi connectivity index (χ1) is 9.78. The molecule has 20 heavy (non-hydrogen) atoms. The Morgan fingerprint density at radius 1 is 1.15 bits per heavy atom. The van der Waals surface area contributed by atoms with Gasteiger partial charge in [-0.05, 0) is 24.6 Å². The lowest BCUT2D eigenvalue weighted by Crippen LogP contribution is -2.12. The van der Waals surface area contributed by atoms with E-state index in [2.05, 4.69) is 25.6 Å². The molecule has 0 spiro atoms. The number of rotatable bonds is 7. The molecule has 106 valence electrons. The van der Waals surface area contributed by atoms with Gasteiger partial charge in [0.2, 0.25) is 5.95 Å². The monoisotopic (exact) mass is 273 g/mol. The largest absolute Gasteiger partial charge is 0.383 e. The zero-order valence-electron chi connectivity index (χ0n) is 11.8. The third-order valence-corrected chi connectivity index (χ3v) is 2.67. The summed E-state index contributed by atoms with van der Waals surface area (Å²) in [7, 11) is 1.67. The molecule has 0 fully saturated rings. The van der Waals surface area contributed by atoms with Crippen LogP contribution >= 0.6 is 0 Å². The summed E-state index contributed by atoms with van der Waals surface area (Å²) < 4.78 is 4.99. The molecule has 0 bridgehead atoms. The number of ether oxygens (including phenoxy) is 1. The van der Waals surface area contributed by atoms with Crippen LogP contribution in [0.5, 0.6) is 0 Å². The van der Waals surface area contributed by atoms with Gasteiger partial charge in [-0.15, -0.1) is 0 Å². The number of nitrogens with one attached hydrogen (secondary N) is 2. The van der Waals surface area contributed by atoms with Crippen molar-refractivity contribution in [2.75, 3.05) is 30.9 Å². The summed E-state index contributed by atoms with van der Waals surface area (Å²) in [4.78, 5) is 12.7. The Bertz CT molecular complexity index is 532. The van der Waals surface area contributed by atoms with Crippen LogP contribution in [-0.4, -0.2) is 35.2 Å². The van der Waals surface area contributed by atoms with Gasteiger partial charge in [-0.25, -0.2) is 4.98 Å². The number of methoxy groups -OCH3 is 1. The maximum Gasteiger partial charge on any atom is 0.224 e. The highest BCUT2D eigenvalue weighted by atomic mass is 16.5. The molecule has 0 atom stereocenters. The van der Waals surface area contributed by atoms with Crippen molar-refractivity contribution in [1.82, 2.24) is 15.0 Å². The molecule has 0 aromatic carbocycles. The molecule has 0 saturated heterocycles. The number of nitrogens with zero attached hydrogens (tertiary/aromatic N) is 3. The van der Waals surface area contributed by atoms with Crippen LogP contribution in [0.2, 0.25) is 0 Å². The van der Waals surface area contributed by atoms with E-state index in [1.165, 1.54) is 0 Å². The van der Waals surface area contributed by atoms with Crippen molar-refractivity contribution in [3.63, 3.8) is 0 Å². The molecule has 2 rings (SSSR count). The Balaban J connectivity index is 1.97. The number of aromatic nitrogens is 3. The van der Waals surface area contributed by atoms with E-state index in [1.807, 2.05) is 25.1 Å². The molecule has 0 amide bonds. The lowest BCUT2D eigenvalue weighted by molar-refractivity contribution is 0.210. The van der Waals surface area contributed by atoms with Gasteiger partial charge in [0.25, 0.3) is 0 Å². The highest BCUT2D eigenvalue weighted by Gasteiger charge is 2.02. The van der Waals surface area contributed by atoms with Gasteiger partial charge in [0.15, 0.2) is 0 Å². The standard InChI is InChI=1S/C14H19N5O/c1-11-9-13(17-10-12-3-5-15-6-4-12)19-14(18-11)16-7-8-20-2/h3-6,9H,7-8,10H2,1-2H3,(H2,16,17,18,19). The summed E-state index contributed by atoms with van der Waals surface area (Å²) in [5.74, 6) is 1.41. The fourth-order valence-corrected chi connectivity index (χ4v) is 1.70. The van der Waals surface area contributed by atoms with Crippen LogP contribution in [0.25, 0.3) is 0 Å². The van der Waals surface area contributed by atoms with E-state index >= 15 is 0 Å². The quantitative estimate of drug-likeness (QED) is 0.750. The first kappa shape index (κ1) is 14.2. The Hall–Kier alpha value is -2.21. The summed E-state index contributed by atoms with van der Waals surface area (Å²) in [6, 6.07) is 5.86. The van der Waals surface area contributed by atoms with Gasteiger partial charge in [0, 0.05) is 44.4 Å². The van der Waals surface area contributed by atoms with Crippen molar-refractivity contribution < 1.29 is 4.74 Å². The molecule has 2 aromatic rings. The molecule has 0 saturated carbocycles. The van der Waals surface area contributed by atoms with Gasteiger partial charge in [-0.1, -0.05) is 0 Å². The molecular formula is C14H19N5O. The molecule has 0 aliphatic heterocycles. The van der Waals surface area contributed by atoms with Gasteiger partial charge < -0.3 is 15.4 Å². The third-order valence-electron chi connectivity index (χ3n) is 2.67. The topological polar surface area (TPSA) is 72.0 Å². The van der Waals surface area contributed by atoms with E-state index in [-0.39, 0.29) is 0 Å². The Morgan fingerprint density at radius 3 is 2.70 bits per heavy atom. The molecule has 0 radical (unpaired) electrons. The van der Waals surface area contributed by atoms with Crippen molar-refractivity contribution in [2.45, 2.75) is 13.5 Å². The fourth-order valence-electron chi connectivity index (χ4n) is 1.70.